The van der Waals surface area contributed by atoms with Crippen molar-refractivity contribution in [3.05, 3.63) is 0 Å². The summed E-state index contributed by atoms with van der Waals surface area (Å²) in [6.45, 7) is 9.03. The van der Waals surface area contributed by atoms with Crippen LogP contribution in [0, 0.1) is 0 Å². The zero-order valence-electron chi connectivity index (χ0n) is 9.54. The first-order valence-electron chi connectivity index (χ1n) is 6.36. The summed E-state index contributed by atoms with van der Waals surface area (Å²) in [7, 11) is 0. The van der Waals surface area contributed by atoms with Crippen molar-refractivity contribution in [1.29, 1.82) is 0 Å². The van der Waals surface area contributed by atoms with Crippen LogP contribution in [0.15, 0.2) is 0 Å². The lowest BCUT2D eigenvalue weighted by atomic mass is 10.0. The minimum Gasteiger partial charge on any atom is -0.303 e. The van der Waals surface area contributed by atoms with E-state index >= 15 is 0 Å². The van der Waals surface area contributed by atoms with E-state index in [1.165, 1.54) is 64.8 Å². The van der Waals surface area contributed by atoms with E-state index in [2.05, 4.69) is 16.7 Å². The fraction of sp³-hybridized carbons (Fsp3) is 1.00. The second kappa shape index (κ2) is 5.13. The van der Waals surface area contributed by atoms with Crippen molar-refractivity contribution in [3.63, 3.8) is 0 Å². The molecule has 0 aromatic carbocycles. The van der Waals surface area contributed by atoms with Crippen LogP contribution in [0.1, 0.15) is 39.0 Å². The van der Waals surface area contributed by atoms with E-state index < -0.39 is 0 Å². The molecule has 2 fully saturated rings. The third kappa shape index (κ3) is 2.48. The Kier molecular flexibility index (Phi) is 3.82. The van der Waals surface area contributed by atoms with Crippen molar-refractivity contribution in [3.8, 4) is 0 Å². The average molecular weight is 196 g/mol. The van der Waals surface area contributed by atoms with Gasteiger partial charge in [-0.15, -0.1) is 0 Å². The molecular weight excluding hydrogens is 172 g/mol. The lowest BCUT2D eigenvalue weighted by Gasteiger charge is -2.36. The summed E-state index contributed by atoms with van der Waals surface area (Å²) in [6, 6.07) is 0.922. The number of hydrogen-bond donors (Lipinski definition) is 0. The fourth-order valence-electron chi connectivity index (χ4n) is 2.93. The average Bonchev–Trinajstić information content (AvgIpc) is 2.72. The van der Waals surface area contributed by atoms with Crippen molar-refractivity contribution < 1.29 is 0 Å². The largest absolute Gasteiger partial charge is 0.303 e. The SMILES string of the molecule is CCCN1CCC(N2CCCC2)CC1. The summed E-state index contributed by atoms with van der Waals surface area (Å²) in [5, 5.41) is 0. The van der Waals surface area contributed by atoms with Crippen LogP contribution in [0.4, 0.5) is 0 Å². The van der Waals surface area contributed by atoms with E-state index in [4.69, 9.17) is 0 Å². The summed E-state index contributed by atoms with van der Waals surface area (Å²) in [4.78, 5) is 5.36. The number of likely N-dealkylation sites (tertiary alicyclic amines) is 2. The summed E-state index contributed by atoms with van der Waals surface area (Å²) in [5.41, 5.74) is 0. The van der Waals surface area contributed by atoms with Crippen molar-refractivity contribution >= 4 is 0 Å². The van der Waals surface area contributed by atoms with Gasteiger partial charge < -0.3 is 9.80 Å². The minimum atomic E-state index is 0.922. The smallest absolute Gasteiger partial charge is 0.0120 e. The van der Waals surface area contributed by atoms with Crippen LogP contribution in [-0.4, -0.2) is 48.6 Å². The van der Waals surface area contributed by atoms with Crippen molar-refractivity contribution in [1.82, 2.24) is 9.80 Å². The molecule has 0 atom stereocenters. The maximum absolute atomic E-state index is 2.73. The van der Waals surface area contributed by atoms with Gasteiger partial charge in [-0.3, -0.25) is 0 Å². The van der Waals surface area contributed by atoms with Gasteiger partial charge in [0.1, 0.15) is 0 Å². The first-order valence-corrected chi connectivity index (χ1v) is 6.36. The maximum Gasteiger partial charge on any atom is 0.0120 e. The third-order valence-corrected chi connectivity index (χ3v) is 3.75. The summed E-state index contributed by atoms with van der Waals surface area (Å²) in [6.07, 6.45) is 7.03. The molecule has 0 N–H and O–H groups in total. The maximum atomic E-state index is 2.73. The van der Waals surface area contributed by atoms with E-state index in [1.807, 2.05) is 0 Å². The van der Waals surface area contributed by atoms with Gasteiger partial charge in [-0.25, -0.2) is 0 Å². The van der Waals surface area contributed by atoms with Gasteiger partial charge in [0.05, 0.1) is 0 Å². The molecule has 2 heterocycles. The summed E-state index contributed by atoms with van der Waals surface area (Å²) < 4.78 is 0. The highest BCUT2D eigenvalue weighted by atomic mass is 15.2. The molecule has 0 saturated carbocycles. The normalized spacial score (nSPS) is 27.2. The Labute approximate surface area is 88.3 Å². The first kappa shape index (κ1) is 10.4. The number of nitrogens with zero attached hydrogens (tertiary/aromatic N) is 2. The van der Waals surface area contributed by atoms with E-state index in [0.717, 1.165) is 6.04 Å². The molecule has 0 amide bonds. The van der Waals surface area contributed by atoms with Crippen molar-refractivity contribution in [2.75, 3.05) is 32.7 Å². The van der Waals surface area contributed by atoms with E-state index in [1.54, 1.807) is 0 Å². The molecule has 2 aliphatic rings. The third-order valence-electron chi connectivity index (χ3n) is 3.75. The number of hydrogen-bond acceptors (Lipinski definition) is 2. The van der Waals surface area contributed by atoms with Crippen LogP contribution in [0.5, 0.6) is 0 Å². The highest BCUT2D eigenvalue weighted by Crippen LogP contribution is 2.20. The molecule has 0 aromatic heterocycles. The summed E-state index contributed by atoms with van der Waals surface area (Å²) >= 11 is 0. The predicted molar refractivity (Wildman–Crippen MR) is 60.6 cm³/mol. The minimum absolute atomic E-state index is 0.922. The molecule has 2 nitrogen and oxygen atoms in total. The van der Waals surface area contributed by atoms with Crippen molar-refractivity contribution in [2.24, 2.45) is 0 Å². The van der Waals surface area contributed by atoms with E-state index in [-0.39, 0.29) is 0 Å². The van der Waals surface area contributed by atoms with Crippen LogP contribution < -0.4 is 0 Å². The Hall–Kier alpha value is -0.0800. The van der Waals surface area contributed by atoms with Crippen LogP contribution >= 0.6 is 0 Å². The Morgan fingerprint density at radius 1 is 1.00 bits per heavy atom. The van der Waals surface area contributed by atoms with Gasteiger partial charge in [-0.1, -0.05) is 6.92 Å². The number of piperidine rings is 1. The second-order valence-corrected chi connectivity index (χ2v) is 4.82. The highest BCUT2D eigenvalue weighted by molar-refractivity contribution is 4.82. The van der Waals surface area contributed by atoms with Gasteiger partial charge in [0, 0.05) is 6.04 Å². The quantitative estimate of drug-likeness (QED) is 0.681. The molecule has 0 bridgehead atoms. The highest BCUT2D eigenvalue weighted by Gasteiger charge is 2.25. The molecule has 2 aliphatic heterocycles. The van der Waals surface area contributed by atoms with Gasteiger partial charge in [-0.2, -0.15) is 0 Å². The molecule has 0 aromatic rings. The van der Waals surface area contributed by atoms with Crippen molar-refractivity contribution in [2.45, 2.75) is 45.1 Å². The molecule has 0 aliphatic carbocycles. The molecule has 14 heavy (non-hydrogen) atoms. The Bertz CT molecular complexity index is 156. The van der Waals surface area contributed by atoms with Crippen LogP contribution in [-0.2, 0) is 0 Å². The monoisotopic (exact) mass is 196 g/mol. The predicted octanol–water partition coefficient (Wildman–Crippen LogP) is 1.96. The topological polar surface area (TPSA) is 6.48 Å². The standard InChI is InChI=1S/C12H24N2/c1-2-7-13-10-5-12(6-11-13)14-8-3-4-9-14/h12H,2-11H2,1H3. The van der Waals surface area contributed by atoms with Gasteiger partial charge in [0.25, 0.3) is 0 Å². The second-order valence-electron chi connectivity index (χ2n) is 4.82. The summed E-state index contributed by atoms with van der Waals surface area (Å²) in [5.74, 6) is 0. The van der Waals surface area contributed by atoms with Crippen LogP contribution in [0.25, 0.3) is 0 Å². The van der Waals surface area contributed by atoms with Gasteiger partial charge >= 0.3 is 0 Å². The zero-order valence-corrected chi connectivity index (χ0v) is 9.54. The molecule has 0 spiro atoms. The molecule has 0 radical (unpaired) electrons. The fourth-order valence-corrected chi connectivity index (χ4v) is 2.93. The Balaban J connectivity index is 1.72. The molecule has 2 saturated heterocycles. The molecule has 0 unspecified atom stereocenters. The van der Waals surface area contributed by atoms with E-state index in [0.29, 0.717) is 0 Å². The van der Waals surface area contributed by atoms with Gasteiger partial charge in [0.2, 0.25) is 0 Å². The Morgan fingerprint density at radius 3 is 2.21 bits per heavy atom. The first-order chi connectivity index (χ1) is 6.90. The number of rotatable bonds is 3. The van der Waals surface area contributed by atoms with Crippen LogP contribution in [0.3, 0.4) is 0 Å². The zero-order chi connectivity index (χ0) is 9.80. The van der Waals surface area contributed by atoms with Crippen LogP contribution in [0.2, 0.25) is 0 Å². The Morgan fingerprint density at radius 2 is 1.64 bits per heavy atom. The van der Waals surface area contributed by atoms with Gasteiger partial charge in [0.15, 0.2) is 0 Å². The molecule has 2 rings (SSSR count). The molecule has 2 heteroatoms. The lowest BCUT2D eigenvalue weighted by Crippen LogP contribution is -2.43. The molecular formula is C12H24N2. The lowest BCUT2D eigenvalue weighted by molar-refractivity contribution is 0.127. The van der Waals surface area contributed by atoms with Gasteiger partial charge in [-0.05, 0) is 64.8 Å². The molecule has 82 valence electrons. The van der Waals surface area contributed by atoms with E-state index in [9.17, 15) is 0 Å².